The van der Waals surface area contributed by atoms with Gasteiger partial charge in [-0.05, 0) is 42.2 Å². The molecular weight excluding hydrogens is 268 g/mol. The van der Waals surface area contributed by atoms with E-state index in [1.165, 1.54) is 11.1 Å². The van der Waals surface area contributed by atoms with Gasteiger partial charge in [-0.2, -0.15) is 5.26 Å². The molecule has 0 bridgehead atoms. The molecular formula is C17H17ClN2. The van der Waals surface area contributed by atoms with Gasteiger partial charge in [0, 0.05) is 10.7 Å². The summed E-state index contributed by atoms with van der Waals surface area (Å²) in [7, 11) is 0. The number of nitriles is 1. The Bertz CT molecular complexity index is 634. The molecule has 0 fully saturated rings. The molecule has 0 aliphatic rings. The van der Waals surface area contributed by atoms with Crippen LogP contribution in [0, 0.1) is 11.3 Å². The summed E-state index contributed by atoms with van der Waals surface area (Å²) in [5.74, 6) is 0. The average molecular weight is 285 g/mol. The Kier molecular flexibility index (Phi) is 4.65. The van der Waals surface area contributed by atoms with Crippen LogP contribution >= 0.6 is 11.6 Å². The lowest BCUT2D eigenvalue weighted by atomic mass is 10.0. The Morgan fingerprint density at radius 1 is 1.10 bits per heavy atom. The SMILES string of the molecule is CCc1cccc(CC)c1Nc1ccc(Cl)cc1C#N. The van der Waals surface area contributed by atoms with E-state index in [2.05, 4.69) is 43.4 Å². The number of benzene rings is 2. The van der Waals surface area contributed by atoms with Crippen LogP contribution in [0.1, 0.15) is 30.5 Å². The van der Waals surface area contributed by atoms with Crippen LogP contribution in [0.3, 0.4) is 0 Å². The van der Waals surface area contributed by atoms with E-state index in [4.69, 9.17) is 11.6 Å². The third-order valence-corrected chi connectivity index (χ3v) is 3.60. The maximum atomic E-state index is 9.23. The number of anilines is 2. The number of para-hydroxylation sites is 1. The lowest BCUT2D eigenvalue weighted by molar-refractivity contribution is 1.09. The van der Waals surface area contributed by atoms with Crippen LogP contribution in [0.4, 0.5) is 11.4 Å². The summed E-state index contributed by atoms with van der Waals surface area (Å²) in [6.07, 6.45) is 1.90. The summed E-state index contributed by atoms with van der Waals surface area (Å²) in [4.78, 5) is 0. The molecule has 2 aromatic rings. The lowest BCUT2D eigenvalue weighted by Gasteiger charge is -2.16. The van der Waals surface area contributed by atoms with Crippen LogP contribution in [0.15, 0.2) is 36.4 Å². The molecule has 0 amide bonds. The molecule has 0 radical (unpaired) electrons. The Labute approximate surface area is 125 Å². The van der Waals surface area contributed by atoms with Crippen molar-refractivity contribution in [3.63, 3.8) is 0 Å². The number of nitrogens with one attached hydrogen (secondary N) is 1. The van der Waals surface area contributed by atoms with Crippen LogP contribution in [0.5, 0.6) is 0 Å². The van der Waals surface area contributed by atoms with Gasteiger partial charge in [-0.15, -0.1) is 0 Å². The fourth-order valence-electron chi connectivity index (χ4n) is 2.26. The second-order valence-corrected chi connectivity index (χ2v) is 5.02. The van der Waals surface area contributed by atoms with E-state index in [1.54, 1.807) is 12.1 Å². The van der Waals surface area contributed by atoms with E-state index >= 15 is 0 Å². The Balaban J connectivity index is 2.47. The topological polar surface area (TPSA) is 35.8 Å². The number of hydrogen-bond donors (Lipinski definition) is 1. The Morgan fingerprint density at radius 2 is 1.75 bits per heavy atom. The van der Waals surface area contributed by atoms with Gasteiger partial charge in [0.25, 0.3) is 0 Å². The van der Waals surface area contributed by atoms with E-state index in [1.807, 2.05) is 6.07 Å². The molecule has 0 saturated carbocycles. The first kappa shape index (κ1) is 14.4. The number of nitrogens with zero attached hydrogens (tertiary/aromatic N) is 1. The molecule has 0 aliphatic carbocycles. The largest absolute Gasteiger partial charge is 0.354 e. The average Bonchev–Trinajstić information content (AvgIpc) is 2.49. The van der Waals surface area contributed by atoms with Gasteiger partial charge in [0.05, 0.1) is 11.3 Å². The van der Waals surface area contributed by atoms with E-state index in [9.17, 15) is 5.26 Å². The molecule has 0 spiro atoms. The minimum Gasteiger partial charge on any atom is -0.354 e. The highest BCUT2D eigenvalue weighted by Gasteiger charge is 2.09. The Hall–Kier alpha value is -1.98. The quantitative estimate of drug-likeness (QED) is 0.850. The first-order chi connectivity index (χ1) is 9.69. The van der Waals surface area contributed by atoms with Gasteiger partial charge < -0.3 is 5.32 Å². The van der Waals surface area contributed by atoms with Crippen molar-refractivity contribution in [2.75, 3.05) is 5.32 Å². The van der Waals surface area contributed by atoms with Crippen molar-refractivity contribution in [2.45, 2.75) is 26.7 Å². The van der Waals surface area contributed by atoms with Gasteiger partial charge in [0.15, 0.2) is 0 Å². The summed E-state index contributed by atoms with van der Waals surface area (Å²) in [5, 5.41) is 13.2. The van der Waals surface area contributed by atoms with Crippen LogP contribution in [0.25, 0.3) is 0 Å². The molecule has 3 heteroatoms. The van der Waals surface area contributed by atoms with Gasteiger partial charge in [-0.25, -0.2) is 0 Å². The summed E-state index contributed by atoms with van der Waals surface area (Å²) in [6.45, 7) is 4.26. The molecule has 1 N–H and O–H groups in total. The molecule has 0 saturated heterocycles. The second kappa shape index (κ2) is 6.45. The first-order valence-electron chi connectivity index (χ1n) is 6.77. The molecule has 2 aromatic carbocycles. The van der Waals surface area contributed by atoms with Crippen molar-refractivity contribution in [3.8, 4) is 6.07 Å². The van der Waals surface area contributed by atoms with Crippen molar-refractivity contribution in [3.05, 3.63) is 58.1 Å². The summed E-state index contributed by atoms with van der Waals surface area (Å²) in [5.41, 5.74) is 4.97. The number of halogens is 1. The third-order valence-electron chi connectivity index (χ3n) is 3.36. The van der Waals surface area contributed by atoms with E-state index in [0.717, 1.165) is 24.2 Å². The van der Waals surface area contributed by atoms with Gasteiger partial charge in [0.2, 0.25) is 0 Å². The zero-order valence-electron chi connectivity index (χ0n) is 11.7. The Morgan fingerprint density at radius 3 is 2.30 bits per heavy atom. The van der Waals surface area contributed by atoms with Gasteiger partial charge in [0.1, 0.15) is 6.07 Å². The van der Waals surface area contributed by atoms with Crippen LogP contribution in [-0.4, -0.2) is 0 Å². The van der Waals surface area contributed by atoms with Crippen LogP contribution in [0.2, 0.25) is 5.02 Å². The summed E-state index contributed by atoms with van der Waals surface area (Å²) < 4.78 is 0. The molecule has 20 heavy (non-hydrogen) atoms. The minimum absolute atomic E-state index is 0.561. The predicted octanol–water partition coefficient (Wildman–Crippen LogP) is 5.08. The summed E-state index contributed by atoms with van der Waals surface area (Å²) in [6, 6.07) is 13.8. The zero-order chi connectivity index (χ0) is 14.5. The van der Waals surface area contributed by atoms with Crippen molar-refractivity contribution in [2.24, 2.45) is 0 Å². The first-order valence-corrected chi connectivity index (χ1v) is 7.14. The zero-order valence-corrected chi connectivity index (χ0v) is 12.5. The maximum absolute atomic E-state index is 9.23. The molecule has 2 nitrogen and oxygen atoms in total. The number of rotatable bonds is 4. The molecule has 0 heterocycles. The molecule has 0 atom stereocenters. The van der Waals surface area contributed by atoms with E-state index in [0.29, 0.717) is 10.6 Å². The highest BCUT2D eigenvalue weighted by atomic mass is 35.5. The normalized spacial score (nSPS) is 10.1. The highest BCUT2D eigenvalue weighted by molar-refractivity contribution is 6.30. The smallest absolute Gasteiger partial charge is 0.101 e. The fraction of sp³-hybridized carbons (Fsp3) is 0.235. The fourth-order valence-corrected chi connectivity index (χ4v) is 2.43. The standard InChI is InChI=1S/C17H17ClN2/c1-3-12-6-5-7-13(4-2)17(12)20-16-9-8-15(18)10-14(16)11-19/h5-10,20H,3-4H2,1-2H3. The number of hydrogen-bond acceptors (Lipinski definition) is 2. The molecule has 102 valence electrons. The third kappa shape index (κ3) is 2.95. The molecule has 0 aliphatic heterocycles. The lowest BCUT2D eigenvalue weighted by Crippen LogP contribution is -2.01. The van der Waals surface area contributed by atoms with Crippen LogP contribution in [-0.2, 0) is 12.8 Å². The van der Waals surface area contributed by atoms with Crippen LogP contribution < -0.4 is 5.32 Å². The molecule has 2 rings (SSSR count). The van der Waals surface area contributed by atoms with E-state index in [-0.39, 0.29) is 0 Å². The van der Waals surface area contributed by atoms with Crippen molar-refractivity contribution in [1.82, 2.24) is 0 Å². The van der Waals surface area contributed by atoms with Crippen molar-refractivity contribution in [1.29, 1.82) is 5.26 Å². The second-order valence-electron chi connectivity index (χ2n) is 4.59. The van der Waals surface area contributed by atoms with Gasteiger partial charge in [-0.1, -0.05) is 43.6 Å². The summed E-state index contributed by atoms with van der Waals surface area (Å²) >= 11 is 5.94. The molecule has 0 unspecified atom stereocenters. The van der Waals surface area contributed by atoms with Crippen molar-refractivity contribution < 1.29 is 0 Å². The van der Waals surface area contributed by atoms with E-state index < -0.39 is 0 Å². The van der Waals surface area contributed by atoms with Crippen molar-refractivity contribution >= 4 is 23.0 Å². The number of aryl methyl sites for hydroxylation is 2. The highest BCUT2D eigenvalue weighted by Crippen LogP contribution is 2.29. The molecule has 0 aromatic heterocycles. The van der Waals surface area contributed by atoms with Gasteiger partial charge in [-0.3, -0.25) is 0 Å². The predicted molar refractivity (Wildman–Crippen MR) is 84.6 cm³/mol. The maximum Gasteiger partial charge on any atom is 0.101 e. The minimum atomic E-state index is 0.561. The van der Waals surface area contributed by atoms with Gasteiger partial charge >= 0.3 is 0 Å². The monoisotopic (exact) mass is 284 g/mol.